The monoisotopic (exact) mass is 255 g/mol. The summed E-state index contributed by atoms with van der Waals surface area (Å²) in [6.07, 6.45) is 1.94. The van der Waals surface area contributed by atoms with Gasteiger partial charge in [-0.05, 0) is 43.0 Å². The second kappa shape index (κ2) is 6.39. The van der Waals surface area contributed by atoms with E-state index in [1.54, 1.807) is 7.11 Å². The van der Waals surface area contributed by atoms with Crippen LogP contribution >= 0.6 is 0 Å². The Kier molecular flexibility index (Phi) is 4.58. The summed E-state index contributed by atoms with van der Waals surface area (Å²) in [4.78, 5) is 0. The third-order valence-electron chi connectivity index (χ3n) is 3.37. The highest BCUT2D eigenvalue weighted by Gasteiger charge is 2.06. The van der Waals surface area contributed by atoms with E-state index < -0.39 is 0 Å². The van der Waals surface area contributed by atoms with Crippen molar-refractivity contribution in [2.24, 2.45) is 5.73 Å². The molecule has 0 saturated heterocycles. The van der Waals surface area contributed by atoms with E-state index in [-0.39, 0.29) is 6.04 Å². The Balaban J connectivity index is 1.94. The maximum absolute atomic E-state index is 6.24. The molecule has 0 bridgehead atoms. The van der Waals surface area contributed by atoms with Crippen molar-refractivity contribution in [3.63, 3.8) is 0 Å². The highest BCUT2D eigenvalue weighted by atomic mass is 16.5. The van der Waals surface area contributed by atoms with E-state index in [1.165, 1.54) is 16.7 Å². The maximum atomic E-state index is 6.24. The van der Waals surface area contributed by atoms with Gasteiger partial charge in [-0.25, -0.2) is 0 Å². The molecule has 100 valence electrons. The highest BCUT2D eigenvalue weighted by Crippen LogP contribution is 2.19. The number of ether oxygens (including phenoxy) is 1. The van der Waals surface area contributed by atoms with Gasteiger partial charge in [0.1, 0.15) is 5.75 Å². The summed E-state index contributed by atoms with van der Waals surface area (Å²) < 4.78 is 5.15. The van der Waals surface area contributed by atoms with Crippen molar-refractivity contribution >= 4 is 0 Å². The SMILES string of the molecule is COc1ccc(CCC(N)c2cccc(C)c2)cc1. The van der Waals surface area contributed by atoms with Crippen LogP contribution in [0.3, 0.4) is 0 Å². The minimum absolute atomic E-state index is 0.0991. The Morgan fingerprint density at radius 3 is 2.47 bits per heavy atom. The molecule has 0 aliphatic carbocycles. The van der Waals surface area contributed by atoms with Crippen molar-refractivity contribution in [1.29, 1.82) is 0 Å². The molecule has 2 nitrogen and oxygen atoms in total. The van der Waals surface area contributed by atoms with Gasteiger partial charge in [-0.3, -0.25) is 0 Å². The number of benzene rings is 2. The second-order valence-corrected chi connectivity index (χ2v) is 4.91. The Bertz CT molecular complexity index is 519. The minimum Gasteiger partial charge on any atom is -0.497 e. The van der Waals surface area contributed by atoms with Gasteiger partial charge in [-0.2, -0.15) is 0 Å². The normalized spacial score (nSPS) is 12.2. The molecule has 0 amide bonds. The predicted octanol–water partition coefficient (Wildman–Crippen LogP) is 3.64. The molecule has 2 aromatic rings. The summed E-state index contributed by atoms with van der Waals surface area (Å²) in [6.45, 7) is 2.10. The molecule has 1 unspecified atom stereocenters. The first-order valence-corrected chi connectivity index (χ1v) is 6.64. The van der Waals surface area contributed by atoms with E-state index in [2.05, 4.69) is 43.3 Å². The summed E-state index contributed by atoms with van der Waals surface area (Å²) in [7, 11) is 1.68. The first-order valence-electron chi connectivity index (χ1n) is 6.64. The van der Waals surface area contributed by atoms with Crippen molar-refractivity contribution in [2.45, 2.75) is 25.8 Å². The van der Waals surface area contributed by atoms with Crippen LogP contribution in [0.2, 0.25) is 0 Å². The van der Waals surface area contributed by atoms with Gasteiger partial charge in [-0.1, -0.05) is 42.0 Å². The molecule has 0 aliphatic heterocycles. The summed E-state index contributed by atoms with van der Waals surface area (Å²) in [5.41, 5.74) is 10.0. The molecule has 2 heteroatoms. The van der Waals surface area contributed by atoms with Gasteiger partial charge < -0.3 is 10.5 Å². The standard InChI is InChI=1S/C17H21NO/c1-13-4-3-5-15(12-13)17(18)11-8-14-6-9-16(19-2)10-7-14/h3-7,9-10,12,17H,8,11,18H2,1-2H3. The Morgan fingerprint density at radius 1 is 1.11 bits per heavy atom. The zero-order chi connectivity index (χ0) is 13.7. The lowest BCUT2D eigenvalue weighted by atomic mass is 9.98. The smallest absolute Gasteiger partial charge is 0.118 e. The van der Waals surface area contributed by atoms with Crippen LogP contribution in [0.15, 0.2) is 48.5 Å². The maximum Gasteiger partial charge on any atom is 0.118 e. The molecule has 2 rings (SSSR count). The summed E-state index contributed by atoms with van der Waals surface area (Å²) >= 11 is 0. The zero-order valence-electron chi connectivity index (χ0n) is 11.6. The summed E-state index contributed by atoms with van der Waals surface area (Å²) in [6, 6.07) is 16.7. The lowest BCUT2D eigenvalue weighted by molar-refractivity contribution is 0.414. The van der Waals surface area contributed by atoms with E-state index in [9.17, 15) is 0 Å². The number of rotatable bonds is 5. The van der Waals surface area contributed by atoms with Gasteiger partial charge in [0, 0.05) is 6.04 Å². The fourth-order valence-corrected chi connectivity index (χ4v) is 2.18. The quantitative estimate of drug-likeness (QED) is 0.885. The molecular weight excluding hydrogens is 234 g/mol. The van der Waals surface area contributed by atoms with Gasteiger partial charge in [0.2, 0.25) is 0 Å². The lowest BCUT2D eigenvalue weighted by Gasteiger charge is -2.13. The van der Waals surface area contributed by atoms with Crippen LogP contribution in [0.1, 0.15) is 29.2 Å². The Morgan fingerprint density at radius 2 is 1.84 bits per heavy atom. The molecule has 0 heterocycles. The van der Waals surface area contributed by atoms with Crippen LogP contribution in [-0.4, -0.2) is 7.11 Å². The molecule has 0 radical (unpaired) electrons. The molecule has 19 heavy (non-hydrogen) atoms. The molecule has 2 aromatic carbocycles. The average molecular weight is 255 g/mol. The first-order chi connectivity index (χ1) is 9.19. The van der Waals surface area contributed by atoms with Crippen molar-refractivity contribution in [2.75, 3.05) is 7.11 Å². The van der Waals surface area contributed by atoms with E-state index in [1.807, 2.05) is 12.1 Å². The topological polar surface area (TPSA) is 35.2 Å². The van der Waals surface area contributed by atoms with Gasteiger partial charge in [0.15, 0.2) is 0 Å². The van der Waals surface area contributed by atoms with Crippen molar-refractivity contribution in [3.8, 4) is 5.75 Å². The van der Waals surface area contributed by atoms with E-state index in [0.717, 1.165) is 18.6 Å². The van der Waals surface area contributed by atoms with Crippen LogP contribution in [0.5, 0.6) is 5.75 Å². The van der Waals surface area contributed by atoms with E-state index in [4.69, 9.17) is 10.5 Å². The molecule has 0 fully saturated rings. The van der Waals surface area contributed by atoms with E-state index >= 15 is 0 Å². The van der Waals surface area contributed by atoms with Crippen molar-refractivity contribution in [1.82, 2.24) is 0 Å². The predicted molar refractivity (Wildman–Crippen MR) is 79.4 cm³/mol. The first kappa shape index (κ1) is 13.6. The molecular formula is C17H21NO. The number of methoxy groups -OCH3 is 1. The van der Waals surface area contributed by atoms with Gasteiger partial charge in [-0.15, -0.1) is 0 Å². The van der Waals surface area contributed by atoms with Crippen LogP contribution in [-0.2, 0) is 6.42 Å². The van der Waals surface area contributed by atoms with Crippen molar-refractivity contribution < 1.29 is 4.74 Å². The minimum atomic E-state index is 0.0991. The molecule has 0 spiro atoms. The molecule has 0 aromatic heterocycles. The van der Waals surface area contributed by atoms with Crippen LogP contribution in [0.25, 0.3) is 0 Å². The fraction of sp³-hybridized carbons (Fsp3) is 0.294. The number of hydrogen-bond donors (Lipinski definition) is 1. The fourth-order valence-electron chi connectivity index (χ4n) is 2.18. The van der Waals surface area contributed by atoms with Crippen LogP contribution in [0, 0.1) is 6.92 Å². The molecule has 2 N–H and O–H groups in total. The number of hydrogen-bond acceptors (Lipinski definition) is 2. The van der Waals surface area contributed by atoms with Gasteiger partial charge in [0.25, 0.3) is 0 Å². The van der Waals surface area contributed by atoms with Crippen LogP contribution in [0.4, 0.5) is 0 Å². The number of nitrogens with two attached hydrogens (primary N) is 1. The molecule has 1 atom stereocenters. The second-order valence-electron chi connectivity index (χ2n) is 4.91. The third kappa shape index (κ3) is 3.83. The Hall–Kier alpha value is -1.80. The van der Waals surface area contributed by atoms with Gasteiger partial charge in [0.05, 0.1) is 7.11 Å². The third-order valence-corrected chi connectivity index (χ3v) is 3.37. The van der Waals surface area contributed by atoms with Crippen LogP contribution < -0.4 is 10.5 Å². The lowest BCUT2D eigenvalue weighted by Crippen LogP contribution is -2.11. The average Bonchev–Trinajstić information content (AvgIpc) is 2.45. The van der Waals surface area contributed by atoms with Crippen molar-refractivity contribution in [3.05, 3.63) is 65.2 Å². The summed E-state index contributed by atoms with van der Waals surface area (Å²) in [5.74, 6) is 0.895. The van der Waals surface area contributed by atoms with Gasteiger partial charge >= 0.3 is 0 Å². The Labute approximate surface area is 115 Å². The zero-order valence-corrected chi connectivity index (χ0v) is 11.6. The van der Waals surface area contributed by atoms with E-state index in [0.29, 0.717) is 0 Å². The molecule has 0 saturated carbocycles. The highest BCUT2D eigenvalue weighted by molar-refractivity contribution is 5.28. The summed E-state index contributed by atoms with van der Waals surface area (Å²) in [5, 5.41) is 0. The number of aryl methyl sites for hydroxylation is 2. The molecule has 0 aliphatic rings. The largest absolute Gasteiger partial charge is 0.497 e.